The van der Waals surface area contributed by atoms with Crippen molar-refractivity contribution in [3.63, 3.8) is 0 Å². The Bertz CT molecular complexity index is 965. The van der Waals surface area contributed by atoms with Gasteiger partial charge in [-0.25, -0.2) is 9.18 Å². The Morgan fingerprint density at radius 2 is 1.85 bits per heavy atom. The van der Waals surface area contributed by atoms with Crippen LogP contribution in [-0.4, -0.2) is 78.9 Å². The second-order valence-electron chi connectivity index (χ2n) is 10.9. The van der Waals surface area contributed by atoms with Gasteiger partial charge in [-0.15, -0.1) is 0 Å². The largest absolute Gasteiger partial charge is 0.444 e. The first-order valence-electron chi connectivity index (χ1n) is 12.8. The summed E-state index contributed by atoms with van der Waals surface area (Å²) in [4.78, 5) is 31.6. The molecular formula is C26H36FN3O4. The van der Waals surface area contributed by atoms with Gasteiger partial charge < -0.3 is 24.2 Å². The Kier molecular flexibility index (Phi) is 5.56. The highest BCUT2D eigenvalue weighted by molar-refractivity contribution is 5.94. The highest BCUT2D eigenvalue weighted by Crippen LogP contribution is 2.48. The van der Waals surface area contributed by atoms with E-state index in [4.69, 9.17) is 9.47 Å². The van der Waals surface area contributed by atoms with Crippen molar-refractivity contribution in [2.75, 3.05) is 37.7 Å². The van der Waals surface area contributed by atoms with Crippen LogP contribution in [0.2, 0.25) is 0 Å². The van der Waals surface area contributed by atoms with E-state index in [9.17, 15) is 14.0 Å². The van der Waals surface area contributed by atoms with Gasteiger partial charge in [-0.3, -0.25) is 4.79 Å². The van der Waals surface area contributed by atoms with Gasteiger partial charge in [0.25, 0.3) is 0 Å². The summed E-state index contributed by atoms with van der Waals surface area (Å²) in [5, 5.41) is 0. The molecule has 0 radical (unpaired) electrons. The van der Waals surface area contributed by atoms with Gasteiger partial charge in [0.05, 0.1) is 13.2 Å². The van der Waals surface area contributed by atoms with Gasteiger partial charge >= 0.3 is 6.09 Å². The summed E-state index contributed by atoms with van der Waals surface area (Å²) in [6.45, 7) is 5.31. The summed E-state index contributed by atoms with van der Waals surface area (Å²) >= 11 is 0. The van der Waals surface area contributed by atoms with Crippen LogP contribution >= 0.6 is 0 Å². The number of hydrogen-bond donors (Lipinski definition) is 0. The third-order valence-corrected chi connectivity index (χ3v) is 9.01. The molecule has 0 aliphatic carbocycles. The number of amides is 2. The molecule has 0 N–H and O–H groups in total. The van der Waals surface area contributed by atoms with Crippen molar-refractivity contribution in [3.8, 4) is 0 Å². The molecule has 4 saturated heterocycles. The van der Waals surface area contributed by atoms with Crippen molar-refractivity contribution in [2.24, 2.45) is 0 Å². The average molecular weight is 474 g/mol. The van der Waals surface area contributed by atoms with E-state index in [2.05, 4.69) is 4.90 Å². The Hall–Kier alpha value is -2.19. The lowest BCUT2D eigenvalue weighted by molar-refractivity contribution is -0.116. The molecule has 34 heavy (non-hydrogen) atoms. The Morgan fingerprint density at radius 1 is 1.12 bits per heavy atom. The van der Waals surface area contributed by atoms with Crippen LogP contribution in [0, 0.1) is 5.82 Å². The molecule has 2 unspecified atom stereocenters. The van der Waals surface area contributed by atoms with Crippen LogP contribution in [-0.2, 0) is 19.7 Å². The summed E-state index contributed by atoms with van der Waals surface area (Å²) in [6, 6.07) is 5.83. The predicted octanol–water partition coefficient (Wildman–Crippen LogP) is 3.69. The highest BCUT2D eigenvalue weighted by Gasteiger charge is 2.50. The molecule has 186 valence electrons. The van der Waals surface area contributed by atoms with Crippen LogP contribution in [0.15, 0.2) is 18.2 Å². The van der Waals surface area contributed by atoms with Crippen LogP contribution in [0.3, 0.4) is 0 Å². The number of rotatable bonds is 2. The zero-order chi connectivity index (χ0) is 23.4. The number of fused-ring (bicyclic) bond motifs is 4. The maximum Gasteiger partial charge on any atom is 0.410 e. The Labute approximate surface area is 201 Å². The number of carbonyl (C=O) groups excluding carboxylic acids is 2. The summed E-state index contributed by atoms with van der Waals surface area (Å²) in [5.74, 6) is -0.210. The molecule has 2 amide bonds. The molecule has 1 aromatic carbocycles. The fraction of sp³-hybridized carbons (Fsp3) is 0.692. The van der Waals surface area contributed by atoms with E-state index >= 15 is 0 Å². The van der Waals surface area contributed by atoms with Crippen LogP contribution in [0.4, 0.5) is 14.9 Å². The number of ether oxygens (including phenoxy) is 2. The van der Waals surface area contributed by atoms with Crippen molar-refractivity contribution in [3.05, 3.63) is 29.6 Å². The van der Waals surface area contributed by atoms with Gasteiger partial charge in [0, 0.05) is 50.5 Å². The number of likely N-dealkylation sites (tertiary alicyclic amines) is 1. The molecule has 4 fully saturated rings. The quantitative estimate of drug-likeness (QED) is 0.656. The number of nitrogens with zero attached hydrogens (tertiary/aromatic N) is 3. The molecule has 5 aliphatic heterocycles. The average Bonchev–Trinajstić information content (AvgIpc) is 3.50. The number of carbonyl (C=O) groups is 2. The number of halogens is 1. The van der Waals surface area contributed by atoms with Crippen LogP contribution in [0.25, 0.3) is 0 Å². The maximum absolute atomic E-state index is 14.2. The fourth-order valence-electron chi connectivity index (χ4n) is 7.22. The molecule has 1 spiro atoms. The predicted molar refractivity (Wildman–Crippen MR) is 126 cm³/mol. The molecule has 7 nitrogen and oxygen atoms in total. The molecule has 3 atom stereocenters. The minimum absolute atomic E-state index is 0. The van der Waals surface area contributed by atoms with Crippen LogP contribution in [0.1, 0.15) is 58.9 Å². The zero-order valence-electron chi connectivity index (χ0n) is 19.9. The van der Waals surface area contributed by atoms with Gasteiger partial charge in [-0.05, 0) is 75.4 Å². The van der Waals surface area contributed by atoms with E-state index in [1.165, 1.54) is 6.07 Å². The summed E-state index contributed by atoms with van der Waals surface area (Å²) in [7, 11) is 0. The van der Waals surface area contributed by atoms with Crippen LogP contribution in [0.5, 0.6) is 0 Å². The molecule has 8 heteroatoms. The molecule has 0 saturated carbocycles. The minimum Gasteiger partial charge on any atom is -0.444 e. The van der Waals surface area contributed by atoms with Gasteiger partial charge in [-0.1, -0.05) is 0 Å². The summed E-state index contributed by atoms with van der Waals surface area (Å²) < 4.78 is 25.2. The summed E-state index contributed by atoms with van der Waals surface area (Å²) in [6.07, 6.45) is 6.46. The van der Waals surface area contributed by atoms with E-state index in [0.29, 0.717) is 25.8 Å². The molecule has 1 aromatic rings. The van der Waals surface area contributed by atoms with Gasteiger partial charge in [-0.2, -0.15) is 0 Å². The first-order chi connectivity index (χ1) is 16.4. The monoisotopic (exact) mass is 473 g/mol. The smallest absolute Gasteiger partial charge is 0.410 e. The van der Waals surface area contributed by atoms with E-state index in [-0.39, 0.29) is 42.8 Å². The standard InChI is InChI=1S/C26H34FN3O4.H2/c1-17(31)29-16-26(23-12-18(27)2-5-24(23)29)7-9-28(10-8-26)21-13-19-3-4-20(14-21)30(19)25(32)34-22-6-11-33-15-22;/h2,5,12,19-22H,3-4,6-11,13-16H2,1H3;1H/t19?,20?,21?,22-;/m1./s1. The minimum atomic E-state index is -0.231. The highest BCUT2D eigenvalue weighted by atomic mass is 19.1. The summed E-state index contributed by atoms with van der Waals surface area (Å²) in [5.41, 5.74) is 1.71. The molecule has 5 heterocycles. The molecule has 0 aromatic heterocycles. The normalized spacial score (nSPS) is 32.3. The Balaban J connectivity index is 0.00000253. The van der Waals surface area contributed by atoms with Gasteiger partial charge in [0.15, 0.2) is 0 Å². The molecule has 6 rings (SSSR count). The van der Waals surface area contributed by atoms with E-state index in [1.54, 1.807) is 19.1 Å². The van der Waals surface area contributed by atoms with Crippen molar-refractivity contribution >= 4 is 17.7 Å². The lowest BCUT2D eigenvalue weighted by Crippen LogP contribution is -2.56. The Morgan fingerprint density at radius 3 is 2.50 bits per heavy atom. The van der Waals surface area contributed by atoms with Crippen LogP contribution < -0.4 is 4.90 Å². The third kappa shape index (κ3) is 3.70. The van der Waals surface area contributed by atoms with Crippen molar-refractivity contribution in [2.45, 2.75) is 81.5 Å². The number of piperidine rings is 2. The zero-order valence-corrected chi connectivity index (χ0v) is 19.9. The van der Waals surface area contributed by atoms with E-state index in [1.807, 2.05) is 9.80 Å². The third-order valence-electron chi connectivity index (χ3n) is 9.01. The lowest BCUT2D eigenvalue weighted by Gasteiger charge is -2.47. The maximum atomic E-state index is 14.2. The topological polar surface area (TPSA) is 62.3 Å². The number of hydrogen-bond acceptors (Lipinski definition) is 5. The van der Waals surface area contributed by atoms with Crippen molar-refractivity contribution < 1.29 is 24.9 Å². The van der Waals surface area contributed by atoms with Gasteiger partial charge in [0.2, 0.25) is 5.91 Å². The first kappa shape index (κ1) is 22.3. The molecular weight excluding hydrogens is 437 g/mol. The molecule has 5 aliphatic rings. The van der Waals surface area contributed by atoms with E-state index in [0.717, 1.165) is 69.3 Å². The first-order valence-corrected chi connectivity index (χ1v) is 12.8. The van der Waals surface area contributed by atoms with Crippen molar-refractivity contribution in [1.29, 1.82) is 0 Å². The second kappa shape index (κ2) is 8.48. The lowest BCUT2D eigenvalue weighted by atomic mass is 9.73. The SMILES string of the molecule is CC(=O)N1CC2(CCN(C3CC4CCC(C3)N4C(=O)O[C@@H]3CCOC3)CC2)c2cc(F)ccc21.[HH]. The fourth-order valence-corrected chi connectivity index (χ4v) is 7.22. The number of anilines is 1. The van der Waals surface area contributed by atoms with Gasteiger partial charge in [0.1, 0.15) is 11.9 Å². The molecule has 2 bridgehead atoms. The van der Waals surface area contributed by atoms with E-state index < -0.39 is 0 Å². The second-order valence-corrected chi connectivity index (χ2v) is 10.9. The van der Waals surface area contributed by atoms with Crippen molar-refractivity contribution in [1.82, 2.24) is 9.80 Å². The number of benzene rings is 1.